The second kappa shape index (κ2) is 6.22. The lowest BCUT2D eigenvalue weighted by Crippen LogP contribution is -2.32. The number of halogens is 2. The molecule has 0 unspecified atom stereocenters. The fourth-order valence-electron chi connectivity index (χ4n) is 1.02. The zero-order chi connectivity index (χ0) is 12.1. The summed E-state index contributed by atoms with van der Waals surface area (Å²) in [7, 11) is 0. The average molecular weight is 308 g/mol. The van der Waals surface area contributed by atoms with Gasteiger partial charge in [0.1, 0.15) is 11.9 Å². The molecule has 0 spiro atoms. The smallest absolute Gasteiger partial charge is 0.321 e. The Labute approximate surface area is 105 Å². The van der Waals surface area contributed by atoms with Crippen molar-refractivity contribution < 1.29 is 14.3 Å². The van der Waals surface area contributed by atoms with Gasteiger partial charge in [0.25, 0.3) is 0 Å². The van der Waals surface area contributed by atoms with Gasteiger partial charge in [0.15, 0.2) is 0 Å². The number of carbonyl (C=O) groups is 1. The van der Waals surface area contributed by atoms with Crippen LogP contribution >= 0.6 is 27.7 Å². The Balaban J connectivity index is 2.48. The molecule has 1 aromatic rings. The first-order valence-electron chi connectivity index (χ1n) is 4.50. The van der Waals surface area contributed by atoms with Crippen LogP contribution in [0.15, 0.2) is 22.7 Å². The molecule has 0 aliphatic heterocycles. The molecule has 88 valence electrons. The Morgan fingerprint density at radius 3 is 2.94 bits per heavy atom. The van der Waals surface area contributed by atoms with Crippen molar-refractivity contribution in [2.75, 3.05) is 5.75 Å². The number of benzene rings is 1. The van der Waals surface area contributed by atoms with Crippen LogP contribution in [0.1, 0.15) is 5.56 Å². The van der Waals surface area contributed by atoms with Crippen LogP contribution in [-0.4, -0.2) is 22.9 Å². The molecule has 0 bridgehead atoms. The molecule has 1 atom stereocenters. The molecule has 16 heavy (non-hydrogen) atoms. The van der Waals surface area contributed by atoms with Crippen LogP contribution in [0.25, 0.3) is 0 Å². The SMILES string of the molecule is N[C@H](CSCc1cc(F)ccc1Br)C(=O)O. The van der Waals surface area contributed by atoms with Crippen molar-refractivity contribution in [3.05, 3.63) is 34.1 Å². The summed E-state index contributed by atoms with van der Waals surface area (Å²) in [6.45, 7) is 0. The molecule has 0 fully saturated rings. The summed E-state index contributed by atoms with van der Waals surface area (Å²) in [5.41, 5.74) is 6.14. The van der Waals surface area contributed by atoms with E-state index >= 15 is 0 Å². The van der Waals surface area contributed by atoms with E-state index in [1.807, 2.05) is 0 Å². The maximum absolute atomic E-state index is 12.9. The minimum atomic E-state index is -1.02. The van der Waals surface area contributed by atoms with Gasteiger partial charge in [-0.3, -0.25) is 4.79 Å². The molecule has 0 saturated heterocycles. The first-order chi connectivity index (χ1) is 7.50. The second-order valence-electron chi connectivity index (χ2n) is 3.20. The quantitative estimate of drug-likeness (QED) is 0.875. The van der Waals surface area contributed by atoms with Gasteiger partial charge >= 0.3 is 5.97 Å². The van der Waals surface area contributed by atoms with Gasteiger partial charge in [0.05, 0.1) is 0 Å². The number of aliphatic carboxylic acids is 1. The summed E-state index contributed by atoms with van der Waals surface area (Å²) in [6, 6.07) is 3.53. The van der Waals surface area contributed by atoms with E-state index in [2.05, 4.69) is 15.9 Å². The summed E-state index contributed by atoms with van der Waals surface area (Å²) in [6.07, 6.45) is 0. The predicted octanol–water partition coefficient (Wildman–Crippen LogP) is 2.23. The van der Waals surface area contributed by atoms with Crippen molar-refractivity contribution in [2.45, 2.75) is 11.8 Å². The van der Waals surface area contributed by atoms with Gasteiger partial charge < -0.3 is 10.8 Å². The van der Waals surface area contributed by atoms with Crippen LogP contribution < -0.4 is 5.73 Å². The Morgan fingerprint density at radius 2 is 2.31 bits per heavy atom. The highest BCUT2D eigenvalue weighted by atomic mass is 79.9. The van der Waals surface area contributed by atoms with Crippen molar-refractivity contribution in [3.63, 3.8) is 0 Å². The van der Waals surface area contributed by atoms with Crippen molar-refractivity contribution in [2.24, 2.45) is 5.73 Å². The molecule has 0 aliphatic rings. The van der Waals surface area contributed by atoms with E-state index < -0.39 is 12.0 Å². The van der Waals surface area contributed by atoms with E-state index in [-0.39, 0.29) is 5.82 Å². The number of carboxylic acid groups (broad SMARTS) is 1. The van der Waals surface area contributed by atoms with E-state index in [1.165, 1.54) is 23.9 Å². The molecule has 6 heteroatoms. The zero-order valence-corrected chi connectivity index (χ0v) is 10.7. The largest absolute Gasteiger partial charge is 0.480 e. The van der Waals surface area contributed by atoms with Gasteiger partial charge in [-0.1, -0.05) is 15.9 Å². The summed E-state index contributed by atoms with van der Waals surface area (Å²) < 4.78 is 13.7. The highest BCUT2D eigenvalue weighted by Crippen LogP contribution is 2.22. The van der Waals surface area contributed by atoms with Crippen LogP contribution in [0.5, 0.6) is 0 Å². The Hall–Kier alpha value is -0.590. The highest BCUT2D eigenvalue weighted by molar-refractivity contribution is 9.10. The predicted molar refractivity (Wildman–Crippen MR) is 65.9 cm³/mol. The normalized spacial score (nSPS) is 12.4. The molecule has 1 aromatic carbocycles. The van der Waals surface area contributed by atoms with E-state index in [0.717, 1.165) is 10.0 Å². The minimum absolute atomic E-state index is 0.304. The van der Waals surface area contributed by atoms with Crippen molar-refractivity contribution >= 4 is 33.7 Å². The maximum Gasteiger partial charge on any atom is 0.321 e. The topological polar surface area (TPSA) is 63.3 Å². The molecule has 0 radical (unpaired) electrons. The van der Waals surface area contributed by atoms with Crippen LogP contribution in [0.4, 0.5) is 4.39 Å². The van der Waals surface area contributed by atoms with E-state index in [1.54, 1.807) is 6.07 Å². The molecule has 3 nitrogen and oxygen atoms in total. The van der Waals surface area contributed by atoms with E-state index in [0.29, 0.717) is 11.5 Å². The lowest BCUT2D eigenvalue weighted by molar-refractivity contribution is -0.137. The standard InChI is InChI=1S/C10H11BrFNO2S/c11-8-2-1-7(12)3-6(8)4-16-5-9(13)10(14)15/h1-3,9H,4-5,13H2,(H,14,15)/t9-/m1/s1. The number of hydrogen-bond acceptors (Lipinski definition) is 3. The lowest BCUT2D eigenvalue weighted by atomic mass is 10.2. The summed E-state index contributed by atoms with van der Waals surface area (Å²) in [5.74, 6) is -0.496. The van der Waals surface area contributed by atoms with Gasteiger partial charge in [-0.25, -0.2) is 4.39 Å². The molecule has 3 N–H and O–H groups in total. The number of rotatable bonds is 5. The number of nitrogens with two attached hydrogens (primary N) is 1. The number of carboxylic acids is 1. The Bertz CT molecular complexity index is 389. The molecule has 0 saturated carbocycles. The molecule has 0 aromatic heterocycles. The van der Waals surface area contributed by atoms with Gasteiger partial charge in [-0.2, -0.15) is 11.8 Å². The number of thioether (sulfide) groups is 1. The average Bonchev–Trinajstić information content (AvgIpc) is 2.22. The summed E-state index contributed by atoms with van der Waals surface area (Å²) in [4.78, 5) is 10.5. The Morgan fingerprint density at radius 1 is 1.62 bits per heavy atom. The lowest BCUT2D eigenvalue weighted by Gasteiger charge is -2.07. The highest BCUT2D eigenvalue weighted by Gasteiger charge is 2.11. The van der Waals surface area contributed by atoms with Gasteiger partial charge in [0.2, 0.25) is 0 Å². The monoisotopic (exact) mass is 307 g/mol. The number of hydrogen-bond donors (Lipinski definition) is 2. The van der Waals surface area contributed by atoms with Gasteiger partial charge in [-0.05, 0) is 23.8 Å². The third-order valence-corrected chi connectivity index (χ3v) is 3.76. The van der Waals surface area contributed by atoms with Gasteiger partial charge in [0, 0.05) is 16.0 Å². The third-order valence-electron chi connectivity index (χ3n) is 1.88. The van der Waals surface area contributed by atoms with Crippen LogP contribution in [0, 0.1) is 5.82 Å². The van der Waals surface area contributed by atoms with E-state index in [9.17, 15) is 9.18 Å². The minimum Gasteiger partial charge on any atom is -0.480 e. The van der Waals surface area contributed by atoms with Crippen LogP contribution in [-0.2, 0) is 10.5 Å². The molecular weight excluding hydrogens is 297 g/mol. The first kappa shape index (κ1) is 13.5. The molecule has 1 rings (SSSR count). The van der Waals surface area contributed by atoms with Crippen molar-refractivity contribution in [3.8, 4) is 0 Å². The fourth-order valence-corrected chi connectivity index (χ4v) is 2.57. The summed E-state index contributed by atoms with van der Waals surface area (Å²) >= 11 is 4.66. The van der Waals surface area contributed by atoms with Gasteiger partial charge in [-0.15, -0.1) is 0 Å². The van der Waals surface area contributed by atoms with Crippen molar-refractivity contribution in [1.29, 1.82) is 0 Å². The third kappa shape index (κ3) is 4.11. The molecular formula is C10H11BrFNO2S. The van der Waals surface area contributed by atoms with Crippen LogP contribution in [0.3, 0.4) is 0 Å². The van der Waals surface area contributed by atoms with Crippen LogP contribution in [0.2, 0.25) is 0 Å². The zero-order valence-electron chi connectivity index (χ0n) is 8.32. The maximum atomic E-state index is 12.9. The van der Waals surface area contributed by atoms with E-state index in [4.69, 9.17) is 10.8 Å². The second-order valence-corrected chi connectivity index (χ2v) is 5.08. The fraction of sp³-hybridized carbons (Fsp3) is 0.300. The molecule has 0 heterocycles. The summed E-state index contributed by atoms with van der Waals surface area (Å²) in [5, 5.41) is 8.57. The Kier molecular flexibility index (Phi) is 5.24. The first-order valence-corrected chi connectivity index (χ1v) is 6.45. The molecule has 0 aliphatic carbocycles. The molecule has 0 amide bonds. The van der Waals surface area contributed by atoms with Crippen molar-refractivity contribution in [1.82, 2.24) is 0 Å².